The van der Waals surface area contributed by atoms with E-state index in [-0.39, 0.29) is 12.0 Å². The Bertz CT molecular complexity index is 436. The molecule has 0 aromatic heterocycles. The predicted octanol–water partition coefficient (Wildman–Crippen LogP) is 2.21. The van der Waals surface area contributed by atoms with Crippen molar-refractivity contribution in [1.29, 1.82) is 0 Å². The van der Waals surface area contributed by atoms with Crippen LogP contribution in [0.5, 0.6) is 5.75 Å². The zero-order valence-electron chi connectivity index (χ0n) is 9.77. The summed E-state index contributed by atoms with van der Waals surface area (Å²) in [6.45, 7) is 0.866. The molecular formula is C12H14BrNO3. The number of benzene rings is 1. The fraction of sp³-hybridized carbons (Fsp3) is 0.417. The van der Waals surface area contributed by atoms with Gasteiger partial charge in [0.1, 0.15) is 11.8 Å². The monoisotopic (exact) mass is 299 g/mol. The van der Waals surface area contributed by atoms with Crippen LogP contribution in [0, 0.1) is 0 Å². The Labute approximate surface area is 109 Å². The van der Waals surface area contributed by atoms with E-state index in [4.69, 9.17) is 9.47 Å². The summed E-state index contributed by atoms with van der Waals surface area (Å²) in [6.07, 6.45) is 0.838. The van der Waals surface area contributed by atoms with Crippen molar-refractivity contribution < 1.29 is 14.3 Å². The van der Waals surface area contributed by atoms with Gasteiger partial charge in [0.2, 0.25) is 0 Å². The largest absolute Gasteiger partial charge is 0.495 e. The van der Waals surface area contributed by atoms with Crippen molar-refractivity contribution in [2.45, 2.75) is 12.5 Å². The maximum Gasteiger partial charge on any atom is 0.328 e. The molecular weight excluding hydrogens is 286 g/mol. The van der Waals surface area contributed by atoms with Gasteiger partial charge in [-0.15, -0.1) is 0 Å². The van der Waals surface area contributed by atoms with E-state index in [1.54, 1.807) is 7.11 Å². The van der Waals surface area contributed by atoms with Crippen LogP contribution in [0.3, 0.4) is 0 Å². The van der Waals surface area contributed by atoms with Crippen LogP contribution in [0.2, 0.25) is 0 Å². The summed E-state index contributed by atoms with van der Waals surface area (Å²) in [6, 6.07) is 5.63. The third-order valence-corrected chi connectivity index (χ3v) is 3.61. The number of methoxy groups -OCH3 is 2. The molecule has 0 spiro atoms. The molecule has 1 aromatic rings. The lowest BCUT2D eigenvalue weighted by Gasteiger charge is -2.40. The first-order chi connectivity index (χ1) is 8.17. The first-order valence-corrected chi connectivity index (χ1v) is 6.14. The van der Waals surface area contributed by atoms with Crippen LogP contribution >= 0.6 is 15.9 Å². The van der Waals surface area contributed by atoms with E-state index in [0.29, 0.717) is 0 Å². The Morgan fingerprint density at radius 2 is 2.24 bits per heavy atom. The molecule has 1 atom stereocenters. The molecule has 1 aromatic carbocycles. The highest BCUT2D eigenvalue weighted by atomic mass is 79.9. The normalized spacial score (nSPS) is 18.5. The molecule has 1 saturated heterocycles. The van der Waals surface area contributed by atoms with Gasteiger partial charge in [-0.05, 0) is 34.5 Å². The third kappa shape index (κ3) is 2.24. The number of carbonyl (C=O) groups is 1. The van der Waals surface area contributed by atoms with Crippen LogP contribution in [-0.2, 0) is 9.53 Å². The maximum absolute atomic E-state index is 11.5. The molecule has 1 aliphatic rings. The van der Waals surface area contributed by atoms with Crippen LogP contribution in [0.1, 0.15) is 6.42 Å². The molecule has 92 valence electrons. The lowest BCUT2D eigenvalue weighted by Crippen LogP contribution is -2.53. The second kappa shape index (κ2) is 4.96. The van der Waals surface area contributed by atoms with E-state index in [9.17, 15) is 4.79 Å². The standard InChI is InChI=1S/C12H14BrNO3/c1-16-11-7-8(3-4-9(11)13)14-6-5-10(14)12(15)17-2/h3-4,7,10H,5-6H2,1-2H3. The molecule has 0 radical (unpaired) electrons. The minimum absolute atomic E-state index is 0.161. The summed E-state index contributed by atoms with van der Waals surface area (Å²) in [7, 11) is 3.04. The molecule has 0 saturated carbocycles. The minimum Gasteiger partial charge on any atom is -0.495 e. The second-order valence-corrected chi connectivity index (χ2v) is 4.69. The molecule has 5 heteroatoms. The van der Waals surface area contributed by atoms with Crippen molar-refractivity contribution in [2.24, 2.45) is 0 Å². The van der Waals surface area contributed by atoms with Crippen LogP contribution < -0.4 is 9.64 Å². The number of esters is 1. The van der Waals surface area contributed by atoms with Crippen molar-refractivity contribution in [3.05, 3.63) is 22.7 Å². The first-order valence-electron chi connectivity index (χ1n) is 5.35. The number of carbonyl (C=O) groups excluding carboxylic acids is 1. The lowest BCUT2D eigenvalue weighted by atomic mass is 10.0. The molecule has 0 aliphatic carbocycles. The number of hydrogen-bond donors (Lipinski definition) is 0. The zero-order valence-corrected chi connectivity index (χ0v) is 11.4. The summed E-state index contributed by atoms with van der Waals surface area (Å²) in [5, 5.41) is 0. The number of rotatable bonds is 3. The zero-order chi connectivity index (χ0) is 12.4. The molecule has 1 unspecified atom stereocenters. The predicted molar refractivity (Wildman–Crippen MR) is 68.5 cm³/mol. The van der Waals surface area contributed by atoms with Gasteiger partial charge in [0.25, 0.3) is 0 Å². The minimum atomic E-state index is -0.182. The molecule has 1 fully saturated rings. The van der Waals surface area contributed by atoms with E-state index in [0.717, 1.165) is 28.9 Å². The van der Waals surface area contributed by atoms with Gasteiger partial charge in [-0.25, -0.2) is 4.79 Å². The van der Waals surface area contributed by atoms with Crippen LogP contribution in [0.4, 0.5) is 5.69 Å². The van der Waals surface area contributed by atoms with E-state index in [1.807, 2.05) is 23.1 Å². The fourth-order valence-electron chi connectivity index (χ4n) is 1.90. The topological polar surface area (TPSA) is 38.8 Å². The van der Waals surface area contributed by atoms with Crippen molar-refractivity contribution in [3.8, 4) is 5.75 Å². The van der Waals surface area contributed by atoms with Gasteiger partial charge in [-0.3, -0.25) is 0 Å². The number of anilines is 1. The maximum atomic E-state index is 11.5. The quantitative estimate of drug-likeness (QED) is 0.802. The molecule has 17 heavy (non-hydrogen) atoms. The molecule has 0 bridgehead atoms. The number of hydrogen-bond acceptors (Lipinski definition) is 4. The SMILES string of the molecule is COC(=O)C1CCN1c1ccc(Br)c(OC)c1. The molecule has 1 aliphatic heterocycles. The van der Waals surface area contributed by atoms with Gasteiger partial charge in [0.05, 0.1) is 18.7 Å². The number of halogens is 1. The molecule has 0 N–H and O–H groups in total. The fourth-order valence-corrected chi connectivity index (χ4v) is 2.31. The molecule has 2 rings (SSSR count). The van der Waals surface area contributed by atoms with Crippen molar-refractivity contribution in [1.82, 2.24) is 0 Å². The van der Waals surface area contributed by atoms with E-state index in [1.165, 1.54) is 7.11 Å². The highest BCUT2D eigenvalue weighted by Gasteiger charge is 2.35. The average Bonchev–Trinajstić information content (AvgIpc) is 2.29. The van der Waals surface area contributed by atoms with E-state index < -0.39 is 0 Å². The Morgan fingerprint density at radius 1 is 1.47 bits per heavy atom. The van der Waals surface area contributed by atoms with Crippen molar-refractivity contribution in [2.75, 3.05) is 25.7 Å². The van der Waals surface area contributed by atoms with Gasteiger partial charge in [-0.1, -0.05) is 0 Å². The molecule has 4 nitrogen and oxygen atoms in total. The highest BCUT2D eigenvalue weighted by Crippen LogP contribution is 2.33. The van der Waals surface area contributed by atoms with Gasteiger partial charge >= 0.3 is 5.97 Å². The summed E-state index contributed by atoms with van der Waals surface area (Å²) in [4.78, 5) is 13.5. The lowest BCUT2D eigenvalue weighted by molar-refractivity contribution is -0.143. The Kier molecular flexibility index (Phi) is 3.57. The van der Waals surface area contributed by atoms with Crippen LogP contribution in [0.25, 0.3) is 0 Å². The van der Waals surface area contributed by atoms with Gasteiger partial charge in [0.15, 0.2) is 0 Å². The van der Waals surface area contributed by atoms with Crippen molar-refractivity contribution >= 4 is 27.6 Å². The molecule has 1 heterocycles. The smallest absolute Gasteiger partial charge is 0.328 e. The first kappa shape index (κ1) is 12.2. The van der Waals surface area contributed by atoms with Crippen LogP contribution in [0.15, 0.2) is 22.7 Å². The van der Waals surface area contributed by atoms with E-state index in [2.05, 4.69) is 15.9 Å². The van der Waals surface area contributed by atoms with Gasteiger partial charge in [0, 0.05) is 18.3 Å². The average molecular weight is 300 g/mol. The second-order valence-electron chi connectivity index (χ2n) is 3.84. The Balaban J connectivity index is 2.20. The van der Waals surface area contributed by atoms with Gasteiger partial charge < -0.3 is 14.4 Å². The highest BCUT2D eigenvalue weighted by molar-refractivity contribution is 9.10. The molecule has 0 amide bonds. The number of nitrogens with zero attached hydrogens (tertiary/aromatic N) is 1. The summed E-state index contributed by atoms with van der Waals surface area (Å²) in [5.74, 6) is 0.580. The van der Waals surface area contributed by atoms with E-state index >= 15 is 0 Å². The third-order valence-electron chi connectivity index (χ3n) is 2.96. The summed E-state index contributed by atoms with van der Waals surface area (Å²) >= 11 is 3.40. The van der Waals surface area contributed by atoms with Gasteiger partial charge in [-0.2, -0.15) is 0 Å². The number of ether oxygens (including phenoxy) is 2. The summed E-state index contributed by atoms with van der Waals surface area (Å²) < 4.78 is 10.9. The Morgan fingerprint density at radius 3 is 2.76 bits per heavy atom. The summed E-state index contributed by atoms with van der Waals surface area (Å²) in [5.41, 5.74) is 0.978. The Hall–Kier alpha value is -1.23. The van der Waals surface area contributed by atoms with Crippen molar-refractivity contribution in [3.63, 3.8) is 0 Å². The van der Waals surface area contributed by atoms with Crippen LogP contribution in [-0.4, -0.2) is 32.8 Å².